The first kappa shape index (κ1) is 19.7. The van der Waals surface area contributed by atoms with Gasteiger partial charge in [-0.1, -0.05) is 0 Å². The lowest BCUT2D eigenvalue weighted by atomic mass is 9.97. The van der Waals surface area contributed by atoms with Crippen LogP contribution in [0.1, 0.15) is 12.5 Å². The Bertz CT molecular complexity index is 1070. The summed E-state index contributed by atoms with van der Waals surface area (Å²) in [7, 11) is 1.78. The molecule has 3 aromatic rings. The van der Waals surface area contributed by atoms with E-state index in [0.29, 0.717) is 47.4 Å². The highest BCUT2D eigenvalue weighted by atomic mass is 16.5. The number of hydrogen-bond donors (Lipinski definition) is 4. The largest absolute Gasteiger partial charge is 0.464 e. The number of nitrogen functional groups attached to an aromatic ring is 2. The van der Waals surface area contributed by atoms with E-state index in [4.69, 9.17) is 26.0 Å². The zero-order valence-electron chi connectivity index (χ0n) is 17.0. The molecule has 1 aliphatic rings. The van der Waals surface area contributed by atoms with Gasteiger partial charge in [-0.05, 0) is 31.2 Å². The van der Waals surface area contributed by atoms with E-state index in [-0.39, 0.29) is 11.9 Å². The number of ether oxygens (including phenoxy) is 1. The monoisotopic (exact) mass is 407 g/mol. The maximum Gasteiger partial charge on any atom is 0.224 e. The third-order valence-corrected chi connectivity index (χ3v) is 5.12. The number of rotatable bonds is 5. The predicted octanol–water partition coefficient (Wildman–Crippen LogP) is 2.54. The van der Waals surface area contributed by atoms with Crippen molar-refractivity contribution in [2.24, 2.45) is 5.73 Å². The smallest absolute Gasteiger partial charge is 0.224 e. The molecule has 30 heavy (non-hydrogen) atoms. The molecule has 9 nitrogen and oxygen atoms in total. The number of nitrogens with two attached hydrogens (primary N) is 2. The second-order valence-electron chi connectivity index (χ2n) is 7.18. The van der Waals surface area contributed by atoms with Crippen LogP contribution in [0.5, 0.6) is 0 Å². The summed E-state index contributed by atoms with van der Waals surface area (Å²) in [6, 6.07) is 9.40. The zero-order valence-corrected chi connectivity index (χ0v) is 17.0. The summed E-state index contributed by atoms with van der Waals surface area (Å²) in [5, 5.41) is 11.0. The molecule has 1 saturated heterocycles. The van der Waals surface area contributed by atoms with E-state index < -0.39 is 0 Å². The first-order valence-corrected chi connectivity index (χ1v) is 9.71. The molecule has 2 aromatic heterocycles. The average Bonchev–Trinajstić information content (AvgIpc) is 3.27. The average molecular weight is 407 g/mol. The van der Waals surface area contributed by atoms with Crippen LogP contribution in [0.25, 0.3) is 22.6 Å². The molecule has 0 aliphatic carbocycles. The quantitative estimate of drug-likeness (QED) is 0.287. The molecule has 0 saturated carbocycles. The van der Waals surface area contributed by atoms with Gasteiger partial charge in [0, 0.05) is 42.0 Å². The van der Waals surface area contributed by atoms with Crippen molar-refractivity contribution in [2.75, 3.05) is 42.8 Å². The van der Waals surface area contributed by atoms with E-state index in [9.17, 15) is 0 Å². The summed E-state index contributed by atoms with van der Waals surface area (Å²) >= 11 is 0. The molecule has 3 heterocycles. The molecule has 0 amide bonds. The fourth-order valence-corrected chi connectivity index (χ4v) is 3.65. The van der Waals surface area contributed by atoms with Gasteiger partial charge >= 0.3 is 0 Å². The Hall–Kier alpha value is -3.59. The van der Waals surface area contributed by atoms with E-state index in [0.717, 1.165) is 17.9 Å². The van der Waals surface area contributed by atoms with E-state index in [1.54, 1.807) is 25.4 Å². The van der Waals surface area contributed by atoms with Crippen molar-refractivity contribution in [2.45, 2.75) is 13.0 Å². The van der Waals surface area contributed by atoms with Gasteiger partial charge < -0.3 is 30.8 Å². The number of anilines is 3. The zero-order chi connectivity index (χ0) is 21.3. The van der Waals surface area contributed by atoms with Crippen LogP contribution in [0.2, 0.25) is 0 Å². The molecule has 6 N–H and O–H groups in total. The van der Waals surface area contributed by atoms with Crippen molar-refractivity contribution in [3.8, 4) is 22.6 Å². The van der Waals surface area contributed by atoms with Crippen molar-refractivity contribution < 1.29 is 9.15 Å². The third kappa shape index (κ3) is 3.67. The van der Waals surface area contributed by atoms with Gasteiger partial charge in [-0.2, -0.15) is 4.98 Å². The maximum absolute atomic E-state index is 7.95. The lowest BCUT2D eigenvalue weighted by Crippen LogP contribution is -2.44. The second kappa shape index (κ2) is 8.03. The van der Waals surface area contributed by atoms with Crippen LogP contribution in [-0.4, -0.2) is 48.7 Å². The molecule has 9 heteroatoms. The number of hydrogen-bond acceptors (Lipinski definition) is 8. The number of aromatic nitrogens is 2. The van der Waals surface area contributed by atoms with Crippen molar-refractivity contribution >= 4 is 23.3 Å². The summed E-state index contributed by atoms with van der Waals surface area (Å²) in [6.45, 7) is 4.16. The summed E-state index contributed by atoms with van der Waals surface area (Å²) in [4.78, 5) is 11.5. The normalized spacial score (nSPS) is 16.5. The van der Waals surface area contributed by atoms with Gasteiger partial charge in [0.15, 0.2) is 0 Å². The van der Waals surface area contributed by atoms with Crippen LogP contribution in [0, 0.1) is 5.41 Å². The molecular weight excluding hydrogens is 382 g/mol. The molecule has 1 unspecified atom stereocenters. The summed E-state index contributed by atoms with van der Waals surface area (Å²) in [6.07, 6.45) is 1.57. The van der Waals surface area contributed by atoms with E-state index >= 15 is 0 Å². The highest BCUT2D eigenvalue weighted by Gasteiger charge is 2.23. The molecule has 1 aromatic carbocycles. The molecule has 1 aliphatic heterocycles. The van der Waals surface area contributed by atoms with Crippen molar-refractivity contribution in [1.29, 1.82) is 5.41 Å². The Morgan fingerprint density at radius 2 is 2.13 bits per heavy atom. The molecule has 156 valence electrons. The molecule has 1 atom stereocenters. The fraction of sp³-hybridized carbons (Fsp3) is 0.286. The number of morpholine rings is 1. The van der Waals surface area contributed by atoms with Gasteiger partial charge in [0.05, 0.1) is 31.2 Å². The SMILES string of the molecule is CNc1nc(-c2cc(N)c(C(=N)N)c(-c3ccco3)c2)cc(N2CCOCC2C)n1. The standard InChI is InChI=1S/C21H25N7O2/c1-12-11-29-7-5-28(12)18-10-16(26-21(25-2)27-18)13-8-14(17-4-3-6-30-17)19(20(23)24)15(22)9-13/h3-4,6,8-10,12H,5,7,11,22H2,1-2H3,(H3,23,24)(H,25,26,27). The minimum absolute atomic E-state index is 0.119. The summed E-state index contributed by atoms with van der Waals surface area (Å²) in [5.41, 5.74) is 15.1. The number of benzene rings is 1. The van der Waals surface area contributed by atoms with Gasteiger partial charge in [-0.15, -0.1) is 0 Å². The Labute approximate surface area is 174 Å². The lowest BCUT2D eigenvalue weighted by molar-refractivity contribution is 0.0985. The van der Waals surface area contributed by atoms with Gasteiger partial charge in [0.2, 0.25) is 5.95 Å². The number of furan rings is 1. The van der Waals surface area contributed by atoms with Gasteiger partial charge in [0.25, 0.3) is 0 Å². The molecular formula is C21H25N7O2. The van der Waals surface area contributed by atoms with Crippen LogP contribution >= 0.6 is 0 Å². The van der Waals surface area contributed by atoms with Gasteiger partial charge in [0.1, 0.15) is 17.4 Å². The van der Waals surface area contributed by atoms with Crippen molar-refractivity contribution in [3.63, 3.8) is 0 Å². The highest BCUT2D eigenvalue weighted by molar-refractivity contribution is 6.06. The van der Waals surface area contributed by atoms with Crippen LogP contribution in [0.3, 0.4) is 0 Å². The summed E-state index contributed by atoms with van der Waals surface area (Å²) in [5.74, 6) is 1.79. The van der Waals surface area contributed by atoms with E-state index in [1.165, 1.54) is 0 Å². The molecule has 0 radical (unpaired) electrons. The highest BCUT2D eigenvalue weighted by Crippen LogP contribution is 2.34. The van der Waals surface area contributed by atoms with Crippen LogP contribution in [0.15, 0.2) is 41.0 Å². The maximum atomic E-state index is 7.95. The first-order valence-electron chi connectivity index (χ1n) is 9.71. The molecule has 0 bridgehead atoms. The number of nitrogens with one attached hydrogen (secondary N) is 2. The van der Waals surface area contributed by atoms with Gasteiger partial charge in [-0.3, -0.25) is 5.41 Å². The Morgan fingerprint density at radius 3 is 2.80 bits per heavy atom. The van der Waals surface area contributed by atoms with E-state index in [1.807, 2.05) is 18.2 Å². The minimum atomic E-state index is -0.119. The second-order valence-corrected chi connectivity index (χ2v) is 7.18. The molecule has 1 fully saturated rings. The fourth-order valence-electron chi connectivity index (χ4n) is 3.65. The molecule has 0 spiro atoms. The Morgan fingerprint density at radius 1 is 1.30 bits per heavy atom. The first-order chi connectivity index (χ1) is 14.5. The topological polar surface area (TPSA) is 139 Å². The number of nitrogens with zero attached hydrogens (tertiary/aromatic N) is 3. The lowest BCUT2D eigenvalue weighted by Gasteiger charge is -2.34. The minimum Gasteiger partial charge on any atom is -0.464 e. The van der Waals surface area contributed by atoms with E-state index in [2.05, 4.69) is 27.1 Å². The Balaban J connectivity index is 1.86. The molecule has 4 rings (SSSR count). The van der Waals surface area contributed by atoms with Crippen molar-refractivity contribution in [3.05, 3.63) is 42.2 Å². The third-order valence-electron chi connectivity index (χ3n) is 5.12. The van der Waals surface area contributed by atoms with Crippen molar-refractivity contribution in [1.82, 2.24) is 9.97 Å². The van der Waals surface area contributed by atoms with Crippen LogP contribution in [0.4, 0.5) is 17.5 Å². The Kier molecular flexibility index (Phi) is 5.28. The van der Waals surface area contributed by atoms with Crippen LogP contribution in [-0.2, 0) is 4.74 Å². The van der Waals surface area contributed by atoms with Crippen LogP contribution < -0.4 is 21.7 Å². The predicted molar refractivity (Wildman–Crippen MR) is 118 cm³/mol. The van der Waals surface area contributed by atoms with Gasteiger partial charge in [-0.25, -0.2) is 4.98 Å². The summed E-state index contributed by atoms with van der Waals surface area (Å²) < 4.78 is 11.1. The number of amidine groups is 1.